The number of carbonyl (C=O) groups is 2. The van der Waals surface area contributed by atoms with Crippen molar-refractivity contribution < 1.29 is 19.8 Å². The molecule has 1 fully saturated rings. The molecule has 2 amide bonds. The maximum absolute atomic E-state index is 12.1. The van der Waals surface area contributed by atoms with Gasteiger partial charge in [-0.2, -0.15) is 0 Å². The zero-order valence-corrected chi connectivity index (χ0v) is 12.7. The molecule has 0 atom stereocenters. The second-order valence-electron chi connectivity index (χ2n) is 5.65. The lowest BCUT2D eigenvalue weighted by Gasteiger charge is -2.28. The van der Waals surface area contributed by atoms with Crippen LogP contribution in [0.2, 0.25) is 0 Å². The lowest BCUT2D eigenvalue weighted by molar-refractivity contribution is -0.137. The number of hydrogen-bond acceptors (Lipinski definition) is 3. The van der Waals surface area contributed by atoms with E-state index in [1.54, 1.807) is 4.90 Å². The van der Waals surface area contributed by atoms with Gasteiger partial charge in [-0.05, 0) is 25.7 Å². The van der Waals surface area contributed by atoms with Gasteiger partial charge in [0.15, 0.2) is 0 Å². The molecule has 0 spiro atoms. The van der Waals surface area contributed by atoms with Gasteiger partial charge in [-0.25, -0.2) is 4.79 Å². The fourth-order valence-electron chi connectivity index (χ4n) is 2.83. The topological polar surface area (TPSA) is 89.9 Å². The molecule has 0 unspecified atom stereocenters. The van der Waals surface area contributed by atoms with Gasteiger partial charge in [-0.15, -0.1) is 0 Å². The Kier molecular flexibility index (Phi) is 8.82. The van der Waals surface area contributed by atoms with Gasteiger partial charge in [-0.1, -0.05) is 25.7 Å². The van der Waals surface area contributed by atoms with Crippen LogP contribution in [0.25, 0.3) is 0 Å². The van der Waals surface area contributed by atoms with Crippen molar-refractivity contribution >= 4 is 12.0 Å². The molecule has 0 aromatic carbocycles. The van der Waals surface area contributed by atoms with Crippen LogP contribution in [0.15, 0.2) is 0 Å². The van der Waals surface area contributed by atoms with E-state index < -0.39 is 5.97 Å². The lowest BCUT2D eigenvalue weighted by Crippen LogP contribution is -2.46. The highest BCUT2D eigenvalue weighted by Gasteiger charge is 2.25. The Labute approximate surface area is 126 Å². The number of urea groups is 1. The monoisotopic (exact) mass is 300 g/mol. The second-order valence-corrected chi connectivity index (χ2v) is 5.65. The quantitative estimate of drug-likeness (QED) is 0.538. The van der Waals surface area contributed by atoms with Gasteiger partial charge >= 0.3 is 12.0 Å². The smallest absolute Gasteiger partial charge is 0.317 e. The third-order valence-electron chi connectivity index (χ3n) is 3.96. The van der Waals surface area contributed by atoms with Crippen LogP contribution in [-0.4, -0.2) is 52.9 Å². The number of rotatable bonds is 10. The number of carboxylic acids is 1. The molecule has 6 nitrogen and oxygen atoms in total. The number of aliphatic carboxylic acids is 1. The molecule has 1 rings (SSSR count). The van der Waals surface area contributed by atoms with Crippen LogP contribution >= 0.6 is 0 Å². The van der Waals surface area contributed by atoms with Gasteiger partial charge < -0.3 is 20.4 Å². The first-order valence-electron chi connectivity index (χ1n) is 8.02. The van der Waals surface area contributed by atoms with E-state index in [0.29, 0.717) is 19.5 Å². The molecule has 3 N–H and O–H groups in total. The average molecular weight is 300 g/mol. The van der Waals surface area contributed by atoms with E-state index in [0.717, 1.165) is 44.9 Å². The number of aliphatic hydroxyl groups excluding tert-OH is 1. The van der Waals surface area contributed by atoms with Crippen molar-refractivity contribution in [3.8, 4) is 0 Å². The van der Waals surface area contributed by atoms with E-state index in [2.05, 4.69) is 5.32 Å². The minimum Gasteiger partial charge on any atom is -0.481 e. The third-order valence-corrected chi connectivity index (χ3v) is 3.96. The van der Waals surface area contributed by atoms with E-state index >= 15 is 0 Å². The summed E-state index contributed by atoms with van der Waals surface area (Å²) in [5.74, 6) is -0.750. The van der Waals surface area contributed by atoms with Gasteiger partial charge in [0.1, 0.15) is 0 Å². The van der Waals surface area contributed by atoms with Crippen molar-refractivity contribution in [1.29, 1.82) is 0 Å². The molecule has 21 heavy (non-hydrogen) atoms. The Morgan fingerprint density at radius 3 is 2.38 bits per heavy atom. The standard InChI is InChI=1S/C15H28N2O4/c18-12-11-17(13-7-4-5-8-13)15(21)16-10-6-2-1-3-9-14(19)20/h13,18H,1-12H2,(H,16,21)(H,19,20). The van der Waals surface area contributed by atoms with Crippen LogP contribution in [0.1, 0.15) is 57.8 Å². The first kappa shape index (κ1) is 17.8. The van der Waals surface area contributed by atoms with Crippen molar-refractivity contribution in [3.63, 3.8) is 0 Å². The predicted molar refractivity (Wildman–Crippen MR) is 80.2 cm³/mol. The Morgan fingerprint density at radius 1 is 1.10 bits per heavy atom. The van der Waals surface area contributed by atoms with Crippen LogP contribution in [0, 0.1) is 0 Å². The van der Waals surface area contributed by atoms with Crippen LogP contribution in [-0.2, 0) is 4.79 Å². The summed E-state index contributed by atoms with van der Waals surface area (Å²) in [5.41, 5.74) is 0. The average Bonchev–Trinajstić information content (AvgIpc) is 2.97. The maximum Gasteiger partial charge on any atom is 0.317 e. The SMILES string of the molecule is O=C(O)CCCCCCNC(=O)N(CCO)C1CCCC1. The normalized spacial score (nSPS) is 15.1. The summed E-state index contributed by atoms with van der Waals surface area (Å²) in [7, 11) is 0. The summed E-state index contributed by atoms with van der Waals surface area (Å²) < 4.78 is 0. The second kappa shape index (κ2) is 10.4. The molecule has 0 saturated heterocycles. The molecule has 1 aliphatic carbocycles. The number of carboxylic acid groups (broad SMARTS) is 1. The largest absolute Gasteiger partial charge is 0.481 e. The predicted octanol–water partition coefficient (Wildman–Crippen LogP) is 1.97. The number of hydrogen-bond donors (Lipinski definition) is 3. The van der Waals surface area contributed by atoms with Crippen molar-refractivity contribution in [2.24, 2.45) is 0 Å². The number of amides is 2. The van der Waals surface area contributed by atoms with E-state index in [1.807, 2.05) is 0 Å². The minimum absolute atomic E-state index is 0.000885. The zero-order chi connectivity index (χ0) is 15.5. The summed E-state index contributed by atoms with van der Waals surface area (Å²) in [5, 5.41) is 20.5. The summed E-state index contributed by atoms with van der Waals surface area (Å²) >= 11 is 0. The van der Waals surface area contributed by atoms with E-state index in [1.165, 1.54) is 0 Å². The molecule has 0 aromatic heterocycles. The Hall–Kier alpha value is -1.30. The van der Waals surface area contributed by atoms with Gasteiger partial charge in [0, 0.05) is 25.6 Å². The van der Waals surface area contributed by atoms with E-state index in [-0.39, 0.29) is 25.1 Å². The summed E-state index contributed by atoms with van der Waals surface area (Å²) in [6, 6.07) is 0.189. The number of aliphatic hydroxyl groups is 1. The van der Waals surface area contributed by atoms with E-state index in [9.17, 15) is 9.59 Å². The highest BCUT2D eigenvalue weighted by Crippen LogP contribution is 2.23. The number of unbranched alkanes of at least 4 members (excludes halogenated alkanes) is 3. The van der Waals surface area contributed by atoms with Crippen LogP contribution in [0.3, 0.4) is 0 Å². The molecule has 1 saturated carbocycles. The van der Waals surface area contributed by atoms with Crippen molar-refractivity contribution in [2.75, 3.05) is 19.7 Å². The fourth-order valence-corrected chi connectivity index (χ4v) is 2.83. The minimum atomic E-state index is -0.750. The van der Waals surface area contributed by atoms with Gasteiger partial charge in [0.2, 0.25) is 0 Å². The van der Waals surface area contributed by atoms with Crippen molar-refractivity contribution in [1.82, 2.24) is 10.2 Å². The summed E-state index contributed by atoms with van der Waals surface area (Å²) in [6.45, 7) is 1.01. The highest BCUT2D eigenvalue weighted by atomic mass is 16.4. The number of carbonyl (C=O) groups excluding carboxylic acids is 1. The molecule has 1 aliphatic rings. The van der Waals surface area contributed by atoms with Crippen molar-refractivity contribution in [2.45, 2.75) is 63.8 Å². The molecule has 0 radical (unpaired) electrons. The zero-order valence-electron chi connectivity index (χ0n) is 12.7. The van der Waals surface area contributed by atoms with Gasteiger partial charge in [0.25, 0.3) is 0 Å². The molecule has 6 heteroatoms. The van der Waals surface area contributed by atoms with E-state index in [4.69, 9.17) is 10.2 Å². The lowest BCUT2D eigenvalue weighted by atomic mass is 10.1. The van der Waals surface area contributed by atoms with Crippen molar-refractivity contribution in [3.05, 3.63) is 0 Å². The third kappa shape index (κ3) is 7.32. The number of nitrogens with zero attached hydrogens (tertiary/aromatic N) is 1. The molecule has 0 aromatic rings. The molecule has 0 bridgehead atoms. The maximum atomic E-state index is 12.1. The Bertz CT molecular complexity index is 317. The first-order chi connectivity index (χ1) is 10.1. The fraction of sp³-hybridized carbons (Fsp3) is 0.867. The molecule has 0 heterocycles. The summed E-state index contributed by atoms with van der Waals surface area (Å²) in [6.07, 6.45) is 7.96. The number of nitrogens with one attached hydrogen (secondary N) is 1. The molecular formula is C15H28N2O4. The highest BCUT2D eigenvalue weighted by molar-refractivity contribution is 5.74. The Balaban J connectivity index is 2.13. The van der Waals surface area contributed by atoms with Crippen LogP contribution in [0.4, 0.5) is 4.79 Å². The van der Waals surface area contributed by atoms with Gasteiger partial charge in [-0.3, -0.25) is 4.79 Å². The summed E-state index contributed by atoms with van der Waals surface area (Å²) in [4.78, 5) is 24.2. The first-order valence-corrected chi connectivity index (χ1v) is 8.02. The van der Waals surface area contributed by atoms with Crippen LogP contribution in [0.5, 0.6) is 0 Å². The molecular weight excluding hydrogens is 272 g/mol. The van der Waals surface area contributed by atoms with Crippen LogP contribution < -0.4 is 5.32 Å². The van der Waals surface area contributed by atoms with Gasteiger partial charge in [0.05, 0.1) is 6.61 Å². The Morgan fingerprint density at radius 2 is 1.76 bits per heavy atom. The molecule has 122 valence electrons. The molecule has 0 aliphatic heterocycles.